The molecular weight excluding hydrogens is 156 g/mol. The highest BCUT2D eigenvalue weighted by molar-refractivity contribution is 5.62. The second kappa shape index (κ2) is 3.44. The van der Waals surface area contributed by atoms with E-state index in [2.05, 4.69) is 6.92 Å². The molecule has 2 atom stereocenters. The van der Waals surface area contributed by atoms with Crippen LogP contribution in [-0.4, -0.2) is 22.8 Å². The summed E-state index contributed by atoms with van der Waals surface area (Å²) in [6, 6.07) is 0. The largest absolute Gasteiger partial charge is 0.481 e. The van der Waals surface area contributed by atoms with Crippen molar-refractivity contribution in [3.8, 4) is 0 Å². The fraction of sp³-hybridized carbons (Fsp3) is 0.889. The van der Waals surface area contributed by atoms with Crippen LogP contribution in [0.3, 0.4) is 0 Å². The number of hydrogen-bond acceptors (Lipinski definition) is 2. The van der Waals surface area contributed by atoms with Crippen molar-refractivity contribution in [2.24, 2.45) is 0 Å². The molecule has 1 aliphatic carbocycles. The van der Waals surface area contributed by atoms with Crippen LogP contribution < -0.4 is 0 Å². The maximum Gasteiger partial charge on any atom is 0.300 e. The van der Waals surface area contributed by atoms with Gasteiger partial charge in [0, 0.05) is 6.92 Å². The van der Waals surface area contributed by atoms with E-state index in [4.69, 9.17) is 14.6 Å². The van der Waals surface area contributed by atoms with Gasteiger partial charge in [-0.15, -0.1) is 0 Å². The van der Waals surface area contributed by atoms with Crippen LogP contribution in [0.15, 0.2) is 0 Å². The fourth-order valence-electron chi connectivity index (χ4n) is 1.68. The maximum atomic E-state index is 9.00. The van der Waals surface area contributed by atoms with Gasteiger partial charge in [0.05, 0.1) is 11.7 Å². The summed E-state index contributed by atoms with van der Waals surface area (Å²) in [5, 5.41) is 7.42. The zero-order valence-electron chi connectivity index (χ0n) is 7.67. The molecule has 1 saturated heterocycles. The third-order valence-electron chi connectivity index (χ3n) is 2.42. The Kier molecular flexibility index (Phi) is 2.73. The van der Waals surface area contributed by atoms with Crippen LogP contribution in [-0.2, 0) is 9.53 Å². The Labute approximate surface area is 72.7 Å². The lowest BCUT2D eigenvalue weighted by molar-refractivity contribution is -0.134. The number of epoxide rings is 1. The molecule has 0 radical (unpaired) electrons. The highest BCUT2D eigenvalue weighted by atomic mass is 16.6. The summed E-state index contributed by atoms with van der Waals surface area (Å²) in [4.78, 5) is 9.00. The van der Waals surface area contributed by atoms with Crippen LogP contribution in [0.2, 0.25) is 0 Å². The normalized spacial score (nSPS) is 37.3. The molecule has 0 spiro atoms. The molecule has 12 heavy (non-hydrogen) atoms. The lowest BCUT2D eigenvalue weighted by Crippen LogP contribution is -2.13. The molecule has 2 rings (SSSR count). The Balaban J connectivity index is 0.000000157. The van der Waals surface area contributed by atoms with Gasteiger partial charge in [-0.05, 0) is 19.8 Å². The number of rotatable bonds is 0. The first kappa shape index (κ1) is 9.52. The number of carboxylic acids is 1. The van der Waals surface area contributed by atoms with Gasteiger partial charge in [-0.3, -0.25) is 4.79 Å². The average molecular weight is 172 g/mol. The predicted octanol–water partition coefficient (Wildman–Crippen LogP) is 1.81. The van der Waals surface area contributed by atoms with Gasteiger partial charge in [0.15, 0.2) is 0 Å². The van der Waals surface area contributed by atoms with Crippen LogP contribution in [0.5, 0.6) is 0 Å². The van der Waals surface area contributed by atoms with Crippen LogP contribution in [0.1, 0.15) is 39.5 Å². The lowest BCUT2D eigenvalue weighted by Gasteiger charge is -2.09. The van der Waals surface area contributed by atoms with Gasteiger partial charge < -0.3 is 9.84 Å². The van der Waals surface area contributed by atoms with E-state index in [-0.39, 0.29) is 0 Å². The van der Waals surface area contributed by atoms with E-state index in [1.165, 1.54) is 25.7 Å². The Morgan fingerprint density at radius 1 is 1.58 bits per heavy atom. The third kappa shape index (κ3) is 2.48. The Hall–Kier alpha value is -0.570. The molecule has 1 N–H and O–H groups in total. The molecule has 2 unspecified atom stereocenters. The zero-order valence-corrected chi connectivity index (χ0v) is 7.67. The monoisotopic (exact) mass is 172 g/mol. The van der Waals surface area contributed by atoms with Crippen molar-refractivity contribution in [1.29, 1.82) is 0 Å². The summed E-state index contributed by atoms with van der Waals surface area (Å²) in [6.07, 6.45) is 6.04. The Morgan fingerprint density at radius 2 is 2.17 bits per heavy atom. The molecule has 0 aromatic rings. The van der Waals surface area contributed by atoms with Crippen molar-refractivity contribution >= 4 is 5.97 Å². The van der Waals surface area contributed by atoms with Gasteiger partial charge in [0.2, 0.25) is 0 Å². The summed E-state index contributed by atoms with van der Waals surface area (Å²) in [5.74, 6) is -0.833. The minimum absolute atomic E-state index is 0.345. The molecule has 0 aromatic carbocycles. The van der Waals surface area contributed by atoms with Gasteiger partial charge in [-0.1, -0.05) is 12.8 Å². The summed E-state index contributed by atoms with van der Waals surface area (Å²) < 4.78 is 5.47. The minimum atomic E-state index is -0.833. The van der Waals surface area contributed by atoms with E-state index in [1.54, 1.807) is 0 Å². The maximum absolute atomic E-state index is 9.00. The minimum Gasteiger partial charge on any atom is -0.481 e. The van der Waals surface area contributed by atoms with Crippen LogP contribution in [0.25, 0.3) is 0 Å². The van der Waals surface area contributed by atoms with E-state index in [9.17, 15) is 0 Å². The quantitative estimate of drug-likeness (QED) is 0.567. The highest BCUT2D eigenvalue weighted by Gasteiger charge is 2.52. The third-order valence-corrected chi connectivity index (χ3v) is 2.42. The van der Waals surface area contributed by atoms with E-state index < -0.39 is 5.97 Å². The van der Waals surface area contributed by atoms with Crippen molar-refractivity contribution in [2.45, 2.75) is 51.2 Å². The van der Waals surface area contributed by atoms with Crippen LogP contribution in [0.4, 0.5) is 0 Å². The van der Waals surface area contributed by atoms with Crippen LogP contribution in [0, 0.1) is 0 Å². The lowest BCUT2D eigenvalue weighted by atomic mass is 9.91. The molecule has 2 fully saturated rings. The summed E-state index contributed by atoms with van der Waals surface area (Å²) in [6.45, 7) is 3.32. The second-order valence-electron chi connectivity index (χ2n) is 3.68. The summed E-state index contributed by atoms with van der Waals surface area (Å²) in [7, 11) is 0. The number of fused-ring (bicyclic) bond motifs is 1. The molecule has 3 nitrogen and oxygen atoms in total. The average Bonchev–Trinajstić information content (AvgIpc) is 2.58. The molecule has 1 saturated carbocycles. The molecule has 0 aromatic heterocycles. The first-order valence-corrected chi connectivity index (χ1v) is 4.42. The number of aliphatic carboxylic acids is 1. The Bertz CT molecular complexity index is 173. The molecule has 2 aliphatic rings. The standard InChI is InChI=1S/C7H12O.C2H4O2/c1-7-5-3-2-4-6(7)8-7;1-2(3)4/h6H,2-5H2,1H3;1H3,(H,3,4). The Morgan fingerprint density at radius 3 is 2.50 bits per heavy atom. The van der Waals surface area contributed by atoms with Crippen molar-refractivity contribution in [1.82, 2.24) is 0 Å². The van der Waals surface area contributed by atoms with Crippen molar-refractivity contribution in [3.63, 3.8) is 0 Å². The molecule has 3 heteroatoms. The van der Waals surface area contributed by atoms with Crippen LogP contribution >= 0.6 is 0 Å². The van der Waals surface area contributed by atoms with E-state index in [0.717, 1.165) is 6.92 Å². The first-order chi connectivity index (χ1) is 5.54. The molecule has 0 bridgehead atoms. The molecule has 1 aliphatic heterocycles. The molecule has 1 heterocycles. The smallest absolute Gasteiger partial charge is 0.300 e. The van der Waals surface area contributed by atoms with Crippen molar-refractivity contribution in [2.75, 3.05) is 0 Å². The van der Waals surface area contributed by atoms with Gasteiger partial charge >= 0.3 is 0 Å². The van der Waals surface area contributed by atoms with Gasteiger partial charge in [-0.25, -0.2) is 0 Å². The van der Waals surface area contributed by atoms with Gasteiger partial charge in [0.25, 0.3) is 5.97 Å². The van der Waals surface area contributed by atoms with E-state index in [0.29, 0.717) is 11.7 Å². The SMILES string of the molecule is CC(=O)O.CC12CCCCC1O2. The number of ether oxygens (including phenoxy) is 1. The summed E-state index contributed by atoms with van der Waals surface area (Å²) in [5.41, 5.74) is 0.345. The first-order valence-electron chi connectivity index (χ1n) is 4.42. The zero-order chi connectivity index (χ0) is 9.19. The topological polar surface area (TPSA) is 49.8 Å². The number of carboxylic acid groups (broad SMARTS) is 1. The van der Waals surface area contributed by atoms with E-state index >= 15 is 0 Å². The van der Waals surface area contributed by atoms with E-state index in [1.807, 2.05) is 0 Å². The second-order valence-corrected chi connectivity index (χ2v) is 3.68. The molecule has 0 amide bonds. The number of hydrogen-bond donors (Lipinski definition) is 1. The number of carbonyl (C=O) groups is 1. The predicted molar refractivity (Wildman–Crippen MR) is 45.1 cm³/mol. The highest BCUT2D eigenvalue weighted by Crippen LogP contribution is 2.46. The van der Waals surface area contributed by atoms with Gasteiger partial charge in [-0.2, -0.15) is 0 Å². The molecule has 70 valence electrons. The molecular formula is C9H16O3. The van der Waals surface area contributed by atoms with Crippen molar-refractivity contribution < 1.29 is 14.6 Å². The van der Waals surface area contributed by atoms with Crippen molar-refractivity contribution in [3.05, 3.63) is 0 Å². The fourth-order valence-corrected chi connectivity index (χ4v) is 1.68. The summed E-state index contributed by atoms with van der Waals surface area (Å²) >= 11 is 0. The van der Waals surface area contributed by atoms with Gasteiger partial charge in [0.1, 0.15) is 0 Å².